The van der Waals surface area contributed by atoms with Crippen LogP contribution in [0.2, 0.25) is 0 Å². The van der Waals surface area contributed by atoms with Gasteiger partial charge in [-0.2, -0.15) is 0 Å². The molecule has 0 saturated heterocycles. The van der Waals surface area contributed by atoms with Gasteiger partial charge in [0.2, 0.25) is 0 Å². The van der Waals surface area contributed by atoms with Gasteiger partial charge in [-0.25, -0.2) is 0 Å². The monoisotopic (exact) mass is 230 g/mol. The first-order chi connectivity index (χ1) is 7.72. The first-order valence-electron chi connectivity index (χ1n) is 5.39. The fraction of sp³-hybridized carbons (Fsp3) is 0.200. The highest BCUT2D eigenvalue weighted by Crippen LogP contribution is 2.11. The van der Waals surface area contributed by atoms with Crippen molar-refractivity contribution >= 4 is 11.3 Å². The van der Waals surface area contributed by atoms with Gasteiger partial charge in [-0.1, -0.05) is 54.2 Å². The van der Waals surface area contributed by atoms with Crippen LogP contribution in [0.15, 0.2) is 65.6 Å². The van der Waals surface area contributed by atoms with E-state index in [9.17, 15) is 0 Å². The summed E-state index contributed by atoms with van der Waals surface area (Å²) >= 11 is 1.80. The average molecular weight is 230 g/mol. The number of rotatable bonds is 5. The molecule has 84 valence electrons. The van der Waals surface area contributed by atoms with Gasteiger partial charge in [0, 0.05) is 11.3 Å². The quantitative estimate of drug-likeness (QED) is 0.629. The van der Waals surface area contributed by atoms with Crippen LogP contribution in [0.4, 0.5) is 0 Å². The molecule has 0 saturated carbocycles. The van der Waals surface area contributed by atoms with Gasteiger partial charge in [0.15, 0.2) is 0 Å². The Morgan fingerprint density at radius 1 is 1.38 bits per heavy atom. The molecule has 1 rings (SSSR count). The van der Waals surface area contributed by atoms with E-state index in [1.165, 1.54) is 16.0 Å². The van der Waals surface area contributed by atoms with Crippen molar-refractivity contribution in [3.05, 3.63) is 70.5 Å². The van der Waals surface area contributed by atoms with Gasteiger partial charge in [-0.3, -0.25) is 0 Å². The summed E-state index contributed by atoms with van der Waals surface area (Å²) in [5, 5.41) is 2.12. The van der Waals surface area contributed by atoms with Gasteiger partial charge < -0.3 is 0 Å². The van der Waals surface area contributed by atoms with Gasteiger partial charge in [0.25, 0.3) is 0 Å². The molecule has 0 aliphatic rings. The summed E-state index contributed by atoms with van der Waals surface area (Å²) in [4.78, 5) is 1.41. The van der Waals surface area contributed by atoms with Gasteiger partial charge in [-0.05, 0) is 25.3 Å². The SMILES string of the molecule is C=CC(C)=CC=CC(C)=CCc1cccs1. The van der Waals surface area contributed by atoms with Gasteiger partial charge in [0.05, 0.1) is 0 Å². The van der Waals surface area contributed by atoms with Crippen LogP contribution < -0.4 is 0 Å². The normalized spacial score (nSPS) is 13.4. The topological polar surface area (TPSA) is 0 Å². The summed E-state index contributed by atoms with van der Waals surface area (Å²) < 4.78 is 0. The maximum absolute atomic E-state index is 3.71. The Morgan fingerprint density at radius 3 is 2.81 bits per heavy atom. The van der Waals surface area contributed by atoms with E-state index in [0.29, 0.717) is 0 Å². The predicted octanol–water partition coefficient (Wildman–Crippen LogP) is 4.93. The molecule has 0 fully saturated rings. The number of allylic oxidation sites excluding steroid dienone is 7. The van der Waals surface area contributed by atoms with E-state index in [1.54, 1.807) is 11.3 Å². The van der Waals surface area contributed by atoms with Crippen LogP contribution in [0.3, 0.4) is 0 Å². The molecule has 1 aromatic heterocycles. The van der Waals surface area contributed by atoms with Gasteiger partial charge >= 0.3 is 0 Å². The van der Waals surface area contributed by atoms with E-state index in [0.717, 1.165) is 6.42 Å². The molecule has 0 amide bonds. The zero-order valence-electron chi connectivity index (χ0n) is 9.94. The molecule has 16 heavy (non-hydrogen) atoms. The Bertz CT molecular complexity index is 403. The molecule has 0 radical (unpaired) electrons. The van der Waals surface area contributed by atoms with Crippen molar-refractivity contribution in [1.29, 1.82) is 0 Å². The molecule has 0 spiro atoms. The van der Waals surface area contributed by atoms with Crippen molar-refractivity contribution in [2.24, 2.45) is 0 Å². The van der Waals surface area contributed by atoms with Crippen LogP contribution in [0.1, 0.15) is 18.7 Å². The zero-order valence-corrected chi connectivity index (χ0v) is 10.8. The van der Waals surface area contributed by atoms with Crippen molar-refractivity contribution in [3.63, 3.8) is 0 Å². The average Bonchev–Trinajstić information content (AvgIpc) is 2.79. The summed E-state index contributed by atoms with van der Waals surface area (Å²) in [7, 11) is 0. The van der Waals surface area contributed by atoms with Crippen molar-refractivity contribution in [2.45, 2.75) is 20.3 Å². The molecule has 0 aromatic carbocycles. The molecule has 0 aliphatic carbocycles. The molecule has 0 bridgehead atoms. The highest BCUT2D eigenvalue weighted by atomic mass is 32.1. The molecular weight excluding hydrogens is 212 g/mol. The Labute approximate surface area is 102 Å². The lowest BCUT2D eigenvalue weighted by Gasteiger charge is -1.92. The molecule has 0 aliphatic heterocycles. The summed E-state index contributed by atoms with van der Waals surface area (Å²) in [6.45, 7) is 7.88. The van der Waals surface area contributed by atoms with Crippen LogP contribution >= 0.6 is 11.3 Å². The van der Waals surface area contributed by atoms with Crippen LogP contribution in [0.5, 0.6) is 0 Å². The summed E-state index contributed by atoms with van der Waals surface area (Å²) in [5.74, 6) is 0. The van der Waals surface area contributed by atoms with Crippen molar-refractivity contribution in [1.82, 2.24) is 0 Å². The van der Waals surface area contributed by atoms with Gasteiger partial charge in [-0.15, -0.1) is 11.3 Å². The third kappa shape index (κ3) is 4.94. The second-order valence-electron chi connectivity index (χ2n) is 3.71. The van der Waals surface area contributed by atoms with E-state index < -0.39 is 0 Å². The molecule has 1 heteroatoms. The first-order valence-corrected chi connectivity index (χ1v) is 6.27. The second kappa shape index (κ2) is 7.02. The zero-order chi connectivity index (χ0) is 11.8. The molecule has 0 unspecified atom stereocenters. The summed E-state index contributed by atoms with van der Waals surface area (Å²) in [6, 6.07) is 4.26. The first kappa shape index (κ1) is 12.7. The maximum Gasteiger partial charge on any atom is 0.00830 e. The minimum atomic E-state index is 1.03. The lowest BCUT2D eigenvalue weighted by Crippen LogP contribution is -1.75. The van der Waals surface area contributed by atoms with E-state index in [-0.39, 0.29) is 0 Å². The summed E-state index contributed by atoms with van der Waals surface area (Å²) in [5.41, 5.74) is 2.48. The molecule has 1 aromatic rings. The fourth-order valence-electron chi connectivity index (χ4n) is 1.18. The van der Waals surface area contributed by atoms with Crippen molar-refractivity contribution in [3.8, 4) is 0 Å². The Morgan fingerprint density at radius 2 is 2.19 bits per heavy atom. The smallest absolute Gasteiger partial charge is 0.00830 e. The number of hydrogen-bond acceptors (Lipinski definition) is 1. The second-order valence-corrected chi connectivity index (χ2v) is 4.74. The predicted molar refractivity (Wildman–Crippen MR) is 74.9 cm³/mol. The minimum Gasteiger partial charge on any atom is -0.149 e. The largest absolute Gasteiger partial charge is 0.149 e. The molecule has 0 atom stereocenters. The van der Waals surface area contributed by atoms with E-state index >= 15 is 0 Å². The van der Waals surface area contributed by atoms with E-state index in [1.807, 2.05) is 13.0 Å². The van der Waals surface area contributed by atoms with Crippen molar-refractivity contribution < 1.29 is 0 Å². The highest BCUT2D eigenvalue weighted by molar-refractivity contribution is 7.09. The van der Waals surface area contributed by atoms with Crippen LogP contribution in [-0.4, -0.2) is 0 Å². The Hall–Kier alpha value is -1.34. The fourth-order valence-corrected chi connectivity index (χ4v) is 1.85. The number of hydrogen-bond donors (Lipinski definition) is 0. The Kier molecular flexibility index (Phi) is 5.58. The van der Waals surface area contributed by atoms with E-state index in [4.69, 9.17) is 0 Å². The number of thiophene rings is 1. The molecule has 1 heterocycles. The third-order valence-electron chi connectivity index (χ3n) is 2.25. The van der Waals surface area contributed by atoms with Crippen LogP contribution in [-0.2, 0) is 6.42 Å². The summed E-state index contributed by atoms with van der Waals surface area (Å²) in [6.07, 6.45) is 11.4. The lowest BCUT2D eigenvalue weighted by molar-refractivity contribution is 1.29. The molecule has 0 N–H and O–H groups in total. The highest BCUT2D eigenvalue weighted by Gasteiger charge is 1.89. The standard InChI is InChI=1S/C15H18S/c1-4-13(2)7-5-8-14(3)10-11-15-9-6-12-16-15/h4-10,12H,1,11H2,2-3H3. The Balaban J connectivity index is 2.48. The van der Waals surface area contributed by atoms with E-state index in [2.05, 4.69) is 55.3 Å². The molecule has 0 nitrogen and oxygen atoms in total. The maximum atomic E-state index is 3.71. The van der Waals surface area contributed by atoms with Crippen LogP contribution in [0.25, 0.3) is 0 Å². The molecular formula is C15H18S. The third-order valence-corrected chi connectivity index (χ3v) is 3.14. The minimum absolute atomic E-state index is 1.03. The van der Waals surface area contributed by atoms with Crippen LogP contribution in [0, 0.1) is 0 Å². The van der Waals surface area contributed by atoms with Gasteiger partial charge in [0.1, 0.15) is 0 Å². The van der Waals surface area contributed by atoms with Crippen molar-refractivity contribution in [2.75, 3.05) is 0 Å². The lowest BCUT2D eigenvalue weighted by atomic mass is 10.2.